The zero-order valence-corrected chi connectivity index (χ0v) is 14.1. The van der Waals surface area contributed by atoms with Crippen molar-refractivity contribution in [3.05, 3.63) is 41.6 Å². The van der Waals surface area contributed by atoms with Crippen LogP contribution in [0.3, 0.4) is 0 Å². The molecule has 0 aromatic carbocycles. The fraction of sp³-hybridized carbons (Fsp3) is 0.556. The Morgan fingerprint density at radius 3 is 2.92 bits per heavy atom. The third-order valence-electron chi connectivity index (χ3n) is 5.18. The van der Waals surface area contributed by atoms with Gasteiger partial charge in [0.15, 0.2) is 5.69 Å². The first kappa shape index (κ1) is 15.4. The van der Waals surface area contributed by atoms with Crippen LogP contribution in [0, 0.1) is 0 Å². The highest BCUT2D eigenvalue weighted by Crippen LogP contribution is 2.23. The number of hydrogen-bond acceptors (Lipinski definition) is 4. The molecule has 0 aliphatic carbocycles. The molecular formula is C18H24N4O2. The van der Waals surface area contributed by atoms with Gasteiger partial charge in [0, 0.05) is 18.3 Å². The number of carbonyl (C=O) groups is 1. The zero-order chi connectivity index (χ0) is 16.5. The summed E-state index contributed by atoms with van der Waals surface area (Å²) < 4.78 is 7.47. The highest BCUT2D eigenvalue weighted by molar-refractivity contribution is 5.92. The first-order valence-corrected chi connectivity index (χ1v) is 8.79. The molecule has 6 heteroatoms. The summed E-state index contributed by atoms with van der Waals surface area (Å²) in [6.45, 7) is 3.48. The lowest BCUT2D eigenvalue weighted by molar-refractivity contribution is 0.0544. The first-order chi connectivity index (χ1) is 11.7. The van der Waals surface area contributed by atoms with Crippen molar-refractivity contribution in [3.8, 4) is 0 Å². The number of piperidine rings is 1. The molecule has 128 valence electrons. The van der Waals surface area contributed by atoms with Crippen LogP contribution in [0.4, 0.5) is 0 Å². The second-order valence-electron chi connectivity index (χ2n) is 6.89. The van der Waals surface area contributed by atoms with Gasteiger partial charge in [-0.3, -0.25) is 9.48 Å². The predicted octanol–water partition coefficient (Wildman–Crippen LogP) is 2.16. The summed E-state index contributed by atoms with van der Waals surface area (Å²) in [5.74, 6) is 0.858. The molecule has 1 saturated heterocycles. The monoisotopic (exact) mass is 328 g/mol. The summed E-state index contributed by atoms with van der Waals surface area (Å²) in [7, 11) is 2.13. The second kappa shape index (κ2) is 6.43. The Hall–Kier alpha value is -2.08. The number of amides is 1. The highest BCUT2D eigenvalue weighted by Gasteiger charge is 2.30. The van der Waals surface area contributed by atoms with E-state index in [9.17, 15) is 4.79 Å². The van der Waals surface area contributed by atoms with Crippen molar-refractivity contribution >= 4 is 5.91 Å². The molecule has 2 aromatic heterocycles. The zero-order valence-electron chi connectivity index (χ0n) is 14.1. The van der Waals surface area contributed by atoms with E-state index in [1.54, 1.807) is 6.26 Å². The fourth-order valence-electron chi connectivity index (χ4n) is 3.76. The van der Waals surface area contributed by atoms with Crippen LogP contribution in [0.2, 0.25) is 0 Å². The molecule has 0 bridgehead atoms. The summed E-state index contributed by atoms with van der Waals surface area (Å²) in [6, 6.07) is 6.02. The summed E-state index contributed by atoms with van der Waals surface area (Å²) in [6.07, 6.45) is 5.80. The van der Waals surface area contributed by atoms with Crippen LogP contribution in [0.1, 0.15) is 41.2 Å². The Labute approximate surface area is 142 Å². The van der Waals surface area contributed by atoms with Crippen LogP contribution in [0.15, 0.2) is 28.9 Å². The lowest BCUT2D eigenvalue weighted by Crippen LogP contribution is -2.46. The molecule has 2 aromatic rings. The van der Waals surface area contributed by atoms with E-state index >= 15 is 0 Å². The Morgan fingerprint density at radius 2 is 2.21 bits per heavy atom. The minimum atomic E-state index is 0.0304. The normalized spacial score (nSPS) is 18.7. The number of rotatable bonds is 4. The van der Waals surface area contributed by atoms with Crippen LogP contribution in [0.5, 0.6) is 0 Å². The fourth-order valence-corrected chi connectivity index (χ4v) is 3.76. The largest absolute Gasteiger partial charge is 0.467 e. The van der Waals surface area contributed by atoms with Gasteiger partial charge in [0.25, 0.3) is 5.91 Å². The Kier molecular flexibility index (Phi) is 4.14. The molecule has 0 N–H and O–H groups in total. The SMILES string of the molecule is CN1CCC(N(Cc2ccco2)C(=O)c2cc3n(n2)CCC3)CC1. The highest BCUT2D eigenvalue weighted by atomic mass is 16.3. The lowest BCUT2D eigenvalue weighted by atomic mass is 10.0. The van der Waals surface area contributed by atoms with Crippen LogP contribution < -0.4 is 0 Å². The van der Waals surface area contributed by atoms with Crippen molar-refractivity contribution < 1.29 is 9.21 Å². The van der Waals surface area contributed by atoms with Gasteiger partial charge in [0.2, 0.25) is 0 Å². The molecule has 2 aliphatic rings. The molecule has 0 unspecified atom stereocenters. The number of fused-ring (bicyclic) bond motifs is 1. The minimum absolute atomic E-state index is 0.0304. The molecule has 24 heavy (non-hydrogen) atoms. The standard InChI is InChI=1S/C18H24N4O2/c1-20-9-6-14(7-10-20)21(13-16-5-3-11-24-16)18(23)17-12-15-4-2-8-22(15)19-17/h3,5,11-12,14H,2,4,6-10,13H2,1H3. The molecule has 6 nitrogen and oxygen atoms in total. The average molecular weight is 328 g/mol. The topological polar surface area (TPSA) is 54.5 Å². The molecule has 2 aliphatic heterocycles. The van der Waals surface area contributed by atoms with Gasteiger partial charge in [-0.2, -0.15) is 5.10 Å². The van der Waals surface area contributed by atoms with Crippen molar-refractivity contribution in [2.45, 2.75) is 44.8 Å². The second-order valence-corrected chi connectivity index (χ2v) is 6.89. The predicted molar refractivity (Wildman–Crippen MR) is 89.6 cm³/mol. The maximum absolute atomic E-state index is 13.2. The first-order valence-electron chi connectivity index (χ1n) is 8.79. The maximum Gasteiger partial charge on any atom is 0.275 e. The van der Waals surface area contributed by atoms with E-state index in [-0.39, 0.29) is 11.9 Å². The van der Waals surface area contributed by atoms with Crippen molar-refractivity contribution in [3.63, 3.8) is 0 Å². The van der Waals surface area contributed by atoms with E-state index in [2.05, 4.69) is 17.0 Å². The molecule has 0 atom stereocenters. The third kappa shape index (κ3) is 2.98. The van der Waals surface area contributed by atoms with E-state index < -0.39 is 0 Å². The molecule has 1 fully saturated rings. The van der Waals surface area contributed by atoms with Crippen molar-refractivity contribution in [2.24, 2.45) is 0 Å². The number of likely N-dealkylation sites (tertiary alicyclic amines) is 1. The number of furan rings is 1. The Morgan fingerprint density at radius 1 is 1.38 bits per heavy atom. The summed E-state index contributed by atoms with van der Waals surface area (Å²) in [5, 5.41) is 4.54. The molecule has 4 rings (SSSR count). The van der Waals surface area contributed by atoms with Gasteiger partial charge in [0.1, 0.15) is 5.76 Å². The van der Waals surface area contributed by atoms with Crippen molar-refractivity contribution in [2.75, 3.05) is 20.1 Å². The third-order valence-corrected chi connectivity index (χ3v) is 5.18. The average Bonchev–Trinajstić information content (AvgIpc) is 3.30. The summed E-state index contributed by atoms with van der Waals surface area (Å²) >= 11 is 0. The quantitative estimate of drug-likeness (QED) is 0.863. The molecule has 0 spiro atoms. The van der Waals surface area contributed by atoms with Gasteiger partial charge in [-0.15, -0.1) is 0 Å². The number of carbonyl (C=O) groups excluding carboxylic acids is 1. The van der Waals surface area contributed by atoms with E-state index in [0.717, 1.165) is 51.1 Å². The molecule has 0 saturated carbocycles. The minimum Gasteiger partial charge on any atom is -0.467 e. The van der Waals surface area contributed by atoms with Crippen LogP contribution in [-0.2, 0) is 19.5 Å². The van der Waals surface area contributed by atoms with Gasteiger partial charge in [-0.05, 0) is 64.0 Å². The van der Waals surface area contributed by atoms with E-state index in [1.165, 1.54) is 5.69 Å². The Bertz CT molecular complexity index is 677. The molecule has 4 heterocycles. The van der Waals surface area contributed by atoms with E-state index in [1.807, 2.05) is 27.8 Å². The van der Waals surface area contributed by atoms with Crippen molar-refractivity contribution in [1.82, 2.24) is 19.6 Å². The number of aromatic nitrogens is 2. The van der Waals surface area contributed by atoms with Crippen LogP contribution >= 0.6 is 0 Å². The summed E-state index contributed by atoms with van der Waals surface area (Å²) in [5.41, 5.74) is 1.76. The smallest absolute Gasteiger partial charge is 0.275 e. The van der Waals surface area contributed by atoms with Crippen molar-refractivity contribution in [1.29, 1.82) is 0 Å². The lowest BCUT2D eigenvalue weighted by Gasteiger charge is -2.36. The molecule has 1 amide bonds. The van der Waals surface area contributed by atoms with Crippen LogP contribution in [-0.4, -0.2) is 51.7 Å². The van der Waals surface area contributed by atoms with Gasteiger partial charge in [0.05, 0.1) is 12.8 Å². The van der Waals surface area contributed by atoms with Gasteiger partial charge in [-0.25, -0.2) is 0 Å². The molecule has 0 radical (unpaired) electrons. The van der Waals surface area contributed by atoms with Crippen LogP contribution in [0.25, 0.3) is 0 Å². The molecular weight excluding hydrogens is 304 g/mol. The number of hydrogen-bond donors (Lipinski definition) is 0. The maximum atomic E-state index is 13.2. The van der Waals surface area contributed by atoms with Gasteiger partial charge >= 0.3 is 0 Å². The van der Waals surface area contributed by atoms with E-state index in [0.29, 0.717) is 12.2 Å². The Balaban J connectivity index is 1.57. The van der Waals surface area contributed by atoms with Gasteiger partial charge in [-0.1, -0.05) is 0 Å². The number of aryl methyl sites for hydroxylation is 2. The number of nitrogens with zero attached hydrogens (tertiary/aromatic N) is 4. The van der Waals surface area contributed by atoms with Gasteiger partial charge < -0.3 is 14.2 Å². The van der Waals surface area contributed by atoms with E-state index in [4.69, 9.17) is 4.42 Å². The summed E-state index contributed by atoms with van der Waals surface area (Å²) in [4.78, 5) is 17.4.